The highest BCUT2D eigenvalue weighted by molar-refractivity contribution is 7.32. The molecule has 0 saturated carbocycles. The van der Waals surface area contributed by atoms with Crippen molar-refractivity contribution in [1.82, 2.24) is 4.98 Å². The van der Waals surface area contributed by atoms with E-state index in [9.17, 15) is 4.79 Å². The van der Waals surface area contributed by atoms with Crippen LogP contribution in [0.3, 0.4) is 0 Å². The highest BCUT2D eigenvalue weighted by atomic mass is 31.1. The van der Waals surface area contributed by atoms with Crippen LogP contribution in [-0.4, -0.2) is 10.9 Å². The van der Waals surface area contributed by atoms with Crippen LogP contribution in [0, 0.1) is 6.92 Å². The van der Waals surface area contributed by atoms with Gasteiger partial charge in [0.1, 0.15) is 22.6 Å². The van der Waals surface area contributed by atoms with Crippen LogP contribution in [0.2, 0.25) is 0 Å². The number of benzene rings is 8. The lowest BCUT2D eigenvalue weighted by molar-refractivity contribution is 0.102. The average molecular weight is 719 g/mol. The van der Waals surface area contributed by atoms with Crippen LogP contribution >= 0.6 is 8.24 Å². The van der Waals surface area contributed by atoms with Gasteiger partial charge in [0.05, 0.1) is 0 Å². The molecule has 0 saturated heterocycles. The largest absolute Gasteiger partial charge is 0.453 e. The normalized spacial score (nSPS) is 11.5. The smallest absolute Gasteiger partial charge is 0.390 e. The van der Waals surface area contributed by atoms with E-state index in [0.717, 1.165) is 70.7 Å². The number of amides is 1. The molecule has 6 nitrogen and oxygen atoms in total. The first-order valence-electron chi connectivity index (χ1n) is 17.8. The molecule has 0 aliphatic heterocycles. The Bertz CT molecular complexity index is 3070. The molecular formula is C47H31N2O4P. The van der Waals surface area contributed by atoms with E-state index in [0.29, 0.717) is 28.3 Å². The summed E-state index contributed by atoms with van der Waals surface area (Å²) in [6.07, 6.45) is 0. The van der Waals surface area contributed by atoms with Crippen LogP contribution < -0.4 is 9.84 Å². The van der Waals surface area contributed by atoms with Gasteiger partial charge in [-0.2, -0.15) is 0 Å². The van der Waals surface area contributed by atoms with E-state index in [-0.39, 0.29) is 5.91 Å². The standard InChI is InChI=1S/C47H31N2O4P/c1-29-11-10-20-39(48-29)47(50)49-38-25-21-30-12-2-6-16-34(30)43(38)44-35-17-7-3-13-31(35)22-26-40(44)51-54-52-41-27-23-32-14-4-8-18-36(32)45(41)46-37-19-9-5-15-33(37)24-28-42(46)53-54/h2-28H,1H3,(H,49,50). The molecule has 258 valence electrons. The zero-order valence-corrected chi connectivity index (χ0v) is 30.0. The average Bonchev–Trinajstić information content (AvgIpc) is 3.37. The molecule has 0 aliphatic carbocycles. The Morgan fingerprint density at radius 1 is 0.537 bits per heavy atom. The van der Waals surface area contributed by atoms with Crippen LogP contribution in [-0.2, 0) is 0 Å². The third kappa shape index (κ3) is 5.44. The fourth-order valence-electron chi connectivity index (χ4n) is 7.55. The van der Waals surface area contributed by atoms with Crippen LogP contribution in [0.5, 0.6) is 5.75 Å². The van der Waals surface area contributed by atoms with Crippen LogP contribution in [0.15, 0.2) is 172 Å². The first-order chi connectivity index (χ1) is 26.6. The van der Waals surface area contributed by atoms with E-state index in [2.05, 4.69) is 83.1 Å². The summed E-state index contributed by atoms with van der Waals surface area (Å²) >= 11 is 0. The van der Waals surface area contributed by atoms with Crippen LogP contribution in [0.4, 0.5) is 5.69 Å². The predicted octanol–water partition coefficient (Wildman–Crippen LogP) is 13.4. The van der Waals surface area contributed by atoms with Crippen molar-refractivity contribution in [2.45, 2.75) is 6.92 Å². The molecule has 0 bridgehead atoms. The summed E-state index contributed by atoms with van der Waals surface area (Å²) in [5.74, 6) is 0.261. The van der Waals surface area contributed by atoms with Crippen molar-refractivity contribution in [2.24, 2.45) is 0 Å². The molecule has 0 aliphatic rings. The number of carbonyl (C=O) groups is 1. The van der Waals surface area contributed by atoms with E-state index < -0.39 is 8.24 Å². The highest BCUT2D eigenvalue weighted by Gasteiger charge is 2.22. The molecule has 1 N–H and O–H groups in total. The SMILES string of the molecule is Cc1cccc(C(=O)Nc2ccc3ccccc3c2-c2c(Op3oc4ccc5ccccc5c4c4c(ccc5ccccc54)o3)ccc3ccccc23)n1. The Balaban J connectivity index is 1.24. The second-order valence-corrected chi connectivity index (χ2v) is 14.3. The van der Waals surface area contributed by atoms with Crippen molar-refractivity contribution in [3.63, 3.8) is 0 Å². The topological polar surface area (TPSA) is 77.5 Å². The third-order valence-corrected chi connectivity index (χ3v) is 11.0. The van der Waals surface area contributed by atoms with Crippen molar-refractivity contribution in [3.8, 4) is 16.9 Å². The van der Waals surface area contributed by atoms with Gasteiger partial charge in [0, 0.05) is 33.3 Å². The number of carbonyl (C=O) groups excluding carboxylic acids is 1. The van der Waals surface area contributed by atoms with Gasteiger partial charge >= 0.3 is 8.24 Å². The minimum Gasteiger partial charge on any atom is -0.390 e. The summed E-state index contributed by atoms with van der Waals surface area (Å²) in [6.45, 7) is 1.87. The summed E-state index contributed by atoms with van der Waals surface area (Å²) in [5.41, 5.74) is 4.73. The Hall–Kier alpha value is -6.88. The number of aryl methyl sites for hydroxylation is 1. The molecule has 0 spiro atoms. The molecule has 54 heavy (non-hydrogen) atoms. The van der Waals surface area contributed by atoms with Gasteiger partial charge in [-0.3, -0.25) is 4.79 Å². The molecule has 1 amide bonds. The highest BCUT2D eigenvalue weighted by Crippen LogP contribution is 2.48. The van der Waals surface area contributed by atoms with Gasteiger partial charge in [-0.1, -0.05) is 127 Å². The maximum Gasteiger partial charge on any atom is 0.453 e. The van der Waals surface area contributed by atoms with E-state index >= 15 is 0 Å². The Morgan fingerprint density at radius 2 is 1.04 bits per heavy atom. The molecule has 8 aromatic carbocycles. The monoisotopic (exact) mass is 718 g/mol. The van der Waals surface area contributed by atoms with Crippen molar-refractivity contribution >= 4 is 84.9 Å². The number of aromatic nitrogens is 1. The number of anilines is 1. The van der Waals surface area contributed by atoms with Gasteiger partial charge < -0.3 is 18.2 Å². The van der Waals surface area contributed by atoms with Gasteiger partial charge in [-0.25, -0.2) is 4.98 Å². The fraction of sp³-hybridized carbons (Fsp3) is 0.0213. The molecular weight excluding hydrogens is 688 g/mol. The Kier molecular flexibility index (Phi) is 7.64. The summed E-state index contributed by atoms with van der Waals surface area (Å²) in [5, 5.41) is 13.4. The van der Waals surface area contributed by atoms with E-state index in [1.807, 2.05) is 91.9 Å². The molecule has 10 rings (SSSR count). The Morgan fingerprint density at radius 3 is 1.63 bits per heavy atom. The summed E-state index contributed by atoms with van der Waals surface area (Å²) in [7, 11) is -2.03. The minimum atomic E-state index is -2.03. The molecule has 2 heterocycles. The second-order valence-electron chi connectivity index (χ2n) is 13.3. The molecule has 7 heteroatoms. The van der Waals surface area contributed by atoms with Crippen molar-refractivity contribution in [1.29, 1.82) is 0 Å². The van der Waals surface area contributed by atoms with Crippen LogP contribution in [0.1, 0.15) is 16.2 Å². The number of hydrogen-bond donors (Lipinski definition) is 1. The van der Waals surface area contributed by atoms with Crippen molar-refractivity contribution < 1.29 is 17.7 Å². The lowest BCUT2D eigenvalue weighted by atomic mass is 9.91. The quantitative estimate of drug-likeness (QED) is 0.192. The van der Waals surface area contributed by atoms with Crippen molar-refractivity contribution in [2.75, 3.05) is 5.32 Å². The number of hydrogen-bond acceptors (Lipinski definition) is 5. The van der Waals surface area contributed by atoms with E-state index in [1.54, 1.807) is 6.07 Å². The van der Waals surface area contributed by atoms with Gasteiger partial charge in [0.25, 0.3) is 5.91 Å². The molecule has 10 aromatic rings. The number of fused-ring (bicyclic) bond motifs is 9. The van der Waals surface area contributed by atoms with Gasteiger partial charge in [-0.05, 0) is 86.4 Å². The van der Waals surface area contributed by atoms with Gasteiger partial charge in [0.2, 0.25) is 0 Å². The zero-order chi connectivity index (χ0) is 36.2. The zero-order valence-electron chi connectivity index (χ0n) is 29.1. The first-order valence-corrected chi connectivity index (χ1v) is 18.9. The lowest BCUT2D eigenvalue weighted by Gasteiger charge is -2.19. The lowest BCUT2D eigenvalue weighted by Crippen LogP contribution is -2.14. The Labute approximate surface area is 310 Å². The molecule has 0 radical (unpaired) electrons. The van der Waals surface area contributed by atoms with E-state index in [1.165, 1.54) is 0 Å². The second kappa shape index (κ2) is 13.0. The summed E-state index contributed by atoms with van der Waals surface area (Å²) in [6, 6.07) is 54.6. The summed E-state index contributed by atoms with van der Waals surface area (Å²) in [4.78, 5) is 18.3. The number of rotatable bonds is 5. The van der Waals surface area contributed by atoms with E-state index in [4.69, 9.17) is 12.9 Å². The molecule has 0 atom stereocenters. The number of nitrogens with zero attached hydrogens (tertiary/aromatic N) is 1. The number of pyridine rings is 1. The van der Waals surface area contributed by atoms with Crippen molar-refractivity contribution in [3.05, 3.63) is 175 Å². The third-order valence-electron chi connectivity index (χ3n) is 9.99. The molecule has 0 fully saturated rings. The number of nitrogens with one attached hydrogen (secondary N) is 1. The van der Waals surface area contributed by atoms with Crippen LogP contribution in [0.25, 0.3) is 76.2 Å². The maximum absolute atomic E-state index is 13.8. The molecule has 0 unspecified atom stereocenters. The first kappa shape index (κ1) is 31.8. The van der Waals surface area contributed by atoms with Gasteiger partial charge in [0.15, 0.2) is 0 Å². The van der Waals surface area contributed by atoms with Gasteiger partial charge in [-0.15, -0.1) is 0 Å². The maximum atomic E-state index is 13.8. The predicted molar refractivity (Wildman–Crippen MR) is 221 cm³/mol. The minimum absolute atomic E-state index is 0.301. The summed E-state index contributed by atoms with van der Waals surface area (Å²) < 4.78 is 20.6. The molecule has 2 aromatic heterocycles. The fourth-order valence-corrected chi connectivity index (χ4v) is 8.60.